The molecule has 0 unspecified atom stereocenters. The predicted molar refractivity (Wildman–Crippen MR) is 98.0 cm³/mol. The molecule has 26 heavy (non-hydrogen) atoms. The van der Waals surface area contributed by atoms with Crippen molar-refractivity contribution >= 4 is 11.7 Å². The van der Waals surface area contributed by atoms with E-state index in [1.54, 1.807) is 24.3 Å². The first kappa shape index (κ1) is 18.1. The average molecular weight is 354 g/mol. The van der Waals surface area contributed by atoms with Gasteiger partial charge in [-0.05, 0) is 37.5 Å². The van der Waals surface area contributed by atoms with E-state index >= 15 is 0 Å². The predicted octanol–water partition coefficient (Wildman–Crippen LogP) is 3.72. The highest BCUT2D eigenvalue weighted by molar-refractivity contribution is 5.89. The lowest BCUT2D eigenvalue weighted by Crippen LogP contribution is -2.37. The molecule has 0 aliphatic carbocycles. The van der Waals surface area contributed by atoms with E-state index in [0.717, 1.165) is 37.1 Å². The fourth-order valence-corrected chi connectivity index (χ4v) is 3.12. The number of rotatable bonds is 5. The first-order valence-electron chi connectivity index (χ1n) is 8.74. The fourth-order valence-electron chi connectivity index (χ4n) is 3.12. The number of carbonyl (C=O) groups excluding carboxylic acids is 1. The molecular formula is C20H22N2O4. The number of esters is 1. The van der Waals surface area contributed by atoms with E-state index in [1.165, 1.54) is 6.07 Å². The number of nitro groups is 1. The normalized spacial score (nSPS) is 15.6. The number of likely N-dealkylation sites (tertiary alicyclic amines) is 1. The summed E-state index contributed by atoms with van der Waals surface area (Å²) >= 11 is 0. The number of hydrogen-bond acceptors (Lipinski definition) is 5. The van der Waals surface area contributed by atoms with Gasteiger partial charge in [0, 0.05) is 31.8 Å². The maximum atomic E-state index is 12.2. The van der Waals surface area contributed by atoms with Gasteiger partial charge in [-0.25, -0.2) is 4.79 Å². The van der Waals surface area contributed by atoms with Crippen molar-refractivity contribution in [2.24, 2.45) is 0 Å². The number of aryl methyl sites for hydroxylation is 1. The Morgan fingerprint density at radius 2 is 1.88 bits per heavy atom. The highest BCUT2D eigenvalue weighted by atomic mass is 16.6. The molecule has 0 aromatic heterocycles. The maximum Gasteiger partial charge on any atom is 0.338 e. The van der Waals surface area contributed by atoms with Crippen LogP contribution in [0.25, 0.3) is 0 Å². The van der Waals surface area contributed by atoms with Gasteiger partial charge in [-0.15, -0.1) is 0 Å². The Kier molecular flexibility index (Phi) is 5.63. The molecule has 136 valence electrons. The third kappa shape index (κ3) is 4.67. The van der Waals surface area contributed by atoms with Crippen LogP contribution in [0.5, 0.6) is 0 Å². The van der Waals surface area contributed by atoms with Gasteiger partial charge in [0.05, 0.1) is 10.5 Å². The van der Waals surface area contributed by atoms with Crippen molar-refractivity contribution in [3.8, 4) is 0 Å². The number of hydrogen-bond donors (Lipinski definition) is 0. The lowest BCUT2D eigenvalue weighted by atomic mass is 10.1. The van der Waals surface area contributed by atoms with Crippen LogP contribution in [0.3, 0.4) is 0 Å². The third-order valence-electron chi connectivity index (χ3n) is 4.62. The van der Waals surface area contributed by atoms with Gasteiger partial charge in [0.2, 0.25) is 0 Å². The molecule has 1 fully saturated rings. The van der Waals surface area contributed by atoms with E-state index in [1.807, 2.05) is 25.1 Å². The summed E-state index contributed by atoms with van der Waals surface area (Å²) in [6.45, 7) is 4.25. The molecule has 0 bridgehead atoms. The minimum absolute atomic E-state index is 0.0786. The molecule has 2 aromatic carbocycles. The fraction of sp³-hybridized carbons (Fsp3) is 0.350. The number of carbonyl (C=O) groups is 1. The molecular weight excluding hydrogens is 332 g/mol. The Hall–Kier alpha value is -2.73. The molecule has 1 heterocycles. The van der Waals surface area contributed by atoms with Crippen molar-refractivity contribution in [2.45, 2.75) is 32.4 Å². The number of piperidine rings is 1. The Balaban J connectivity index is 1.49. The Bertz CT molecular complexity index is 781. The van der Waals surface area contributed by atoms with Crippen molar-refractivity contribution in [2.75, 3.05) is 13.1 Å². The second kappa shape index (κ2) is 8.10. The zero-order chi connectivity index (χ0) is 18.5. The molecule has 0 saturated carbocycles. The van der Waals surface area contributed by atoms with Crippen LogP contribution in [0.15, 0.2) is 48.5 Å². The number of benzene rings is 2. The van der Waals surface area contributed by atoms with Gasteiger partial charge in [0.15, 0.2) is 0 Å². The number of nitro benzene ring substituents is 1. The van der Waals surface area contributed by atoms with Gasteiger partial charge >= 0.3 is 5.97 Å². The van der Waals surface area contributed by atoms with Crippen molar-refractivity contribution < 1.29 is 14.5 Å². The molecule has 6 nitrogen and oxygen atoms in total. The Morgan fingerprint density at radius 3 is 2.54 bits per heavy atom. The standard InChI is InChI=1S/C20H22N2O4/c1-15-5-7-17(8-6-15)20(23)26-19-9-11-21(12-10-19)14-16-3-2-4-18(13-16)22(24)25/h2-8,13,19H,9-12,14H2,1H3. The van der Waals surface area contributed by atoms with E-state index in [4.69, 9.17) is 4.74 Å². The van der Waals surface area contributed by atoms with Crippen molar-refractivity contribution in [1.82, 2.24) is 4.90 Å². The molecule has 1 aliphatic rings. The van der Waals surface area contributed by atoms with Gasteiger partial charge in [-0.1, -0.05) is 29.8 Å². The minimum atomic E-state index is -0.375. The summed E-state index contributed by atoms with van der Waals surface area (Å²) < 4.78 is 5.61. The van der Waals surface area contributed by atoms with Gasteiger partial charge in [0.1, 0.15) is 6.10 Å². The zero-order valence-electron chi connectivity index (χ0n) is 14.8. The summed E-state index contributed by atoms with van der Waals surface area (Å²) in [5, 5.41) is 10.9. The second-order valence-corrected chi connectivity index (χ2v) is 6.67. The highest BCUT2D eigenvalue weighted by Gasteiger charge is 2.23. The van der Waals surface area contributed by atoms with Crippen LogP contribution in [-0.2, 0) is 11.3 Å². The first-order valence-corrected chi connectivity index (χ1v) is 8.74. The molecule has 0 N–H and O–H groups in total. The molecule has 6 heteroatoms. The highest BCUT2D eigenvalue weighted by Crippen LogP contribution is 2.20. The Labute approximate surface area is 152 Å². The van der Waals surface area contributed by atoms with Crippen LogP contribution >= 0.6 is 0 Å². The van der Waals surface area contributed by atoms with Crippen molar-refractivity contribution in [3.05, 3.63) is 75.3 Å². The largest absolute Gasteiger partial charge is 0.459 e. The van der Waals surface area contributed by atoms with Crippen LogP contribution in [-0.4, -0.2) is 35.0 Å². The van der Waals surface area contributed by atoms with Crippen LogP contribution in [0.1, 0.15) is 34.3 Å². The van der Waals surface area contributed by atoms with Crippen molar-refractivity contribution in [1.29, 1.82) is 0 Å². The molecule has 1 aliphatic heterocycles. The summed E-state index contributed by atoms with van der Waals surface area (Å²) in [7, 11) is 0. The summed E-state index contributed by atoms with van der Waals surface area (Å²) in [6, 6.07) is 14.1. The molecule has 1 saturated heterocycles. The topological polar surface area (TPSA) is 72.7 Å². The average Bonchev–Trinajstić information content (AvgIpc) is 2.64. The number of ether oxygens (including phenoxy) is 1. The molecule has 0 atom stereocenters. The van der Waals surface area contributed by atoms with E-state index in [-0.39, 0.29) is 22.7 Å². The second-order valence-electron chi connectivity index (χ2n) is 6.67. The molecule has 0 amide bonds. The SMILES string of the molecule is Cc1ccc(C(=O)OC2CCN(Cc3cccc([N+](=O)[O-])c3)CC2)cc1. The molecule has 2 aromatic rings. The van der Waals surface area contributed by atoms with E-state index in [9.17, 15) is 14.9 Å². The van der Waals surface area contributed by atoms with Gasteiger partial charge in [-0.3, -0.25) is 15.0 Å². The summed E-state index contributed by atoms with van der Waals surface area (Å²) in [5.74, 6) is -0.276. The van der Waals surface area contributed by atoms with Crippen LogP contribution in [0.2, 0.25) is 0 Å². The Morgan fingerprint density at radius 1 is 1.19 bits per heavy atom. The van der Waals surface area contributed by atoms with Crippen molar-refractivity contribution in [3.63, 3.8) is 0 Å². The molecule has 3 rings (SSSR count). The molecule has 0 radical (unpaired) electrons. The van der Waals surface area contributed by atoms with Crippen LogP contribution in [0.4, 0.5) is 5.69 Å². The first-order chi connectivity index (χ1) is 12.5. The smallest absolute Gasteiger partial charge is 0.338 e. The zero-order valence-corrected chi connectivity index (χ0v) is 14.8. The molecule has 0 spiro atoms. The lowest BCUT2D eigenvalue weighted by Gasteiger charge is -2.31. The minimum Gasteiger partial charge on any atom is -0.459 e. The van der Waals surface area contributed by atoms with Crippen LogP contribution in [0, 0.1) is 17.0 Å². The van der Waals surface area contributed by atoms with Gasteiger partial charge < -0.3 is 4.74 Å². The van der Waals surface area contributed by atoms with E-state index < -0.39 is 0 Å². The lowest BCUT2D eigenvalue weighted by molar-refractivity contribution is -0.384. The summed E-state index contributed by atoms with van der Waals surface area (Å²) in [4.78, 5) is 24.9. The van der Waals surface area contributed by atoms with Gasteiger partial charge in [0.25, 0.3) is 5.69 Å². The van der Waals surface area contributed by atoms with E-state index in [2.05, 4.69) is 4.90 Å². The van der Waals surface area contributed by atoms with Crippen LogP contribution < -0.4 is 0 Å². The quantitative estimate of drug-likeness (QED) is 0.465. The number of nitrogens with zero attached hydrogens (tertiary/aromatic N) is 2. The summed E-state index contributed by atoms with van der Waals surface area (Å²) in [6.07, 6.45) is 1.46. The van der Waals surface area contributed by atoms with E-state index in [0.29, 0.717) is 12.1 Å². The number of non-ortho nitro benzene ring substituents is 1. The maximum absolute atomic E-state index is 12.2. The summed E-state index contributed by atoms with van der Waals surface area (Å²) in [5.41, 5.74) is 2.73. The monoisotopic (exact) mass is 354 g/mol. The third-order valence-corrected chi connectivity index (χ3v) is 4.62. The van der Waals surface area contributed by atoms with Gasteiger partial charge in [-0.2, -0.15) is 0 Å².